The first-order valence-electron chi connectivity index (χ1n) is 6.92. The number of likely N-dealkylation sites (N-methyl/N-ethyl adjacent to an activating group) is 1. The number of carbonyl (C=O) groups excluding carboxylic acids is 1. The molecule has 2 aromatic carbocycles. The van der Waals surface area contributed by atoms with Gasteiger partial charge in [0.15, 0.2) is 12.4 Å². The second-order valence-electron chi connectivity index (χ2n) is 5.04. The second-order valence-corrected chi connectivity index (χ2v) is 5.91. The summed E-state index contributed by atoms with van der Waals surface area (Å²) in [5, 5.41) is 11.8. The van der Waals surface area contributed by atoms with Gasteiger partial charge in [0.25, 0.3) is 5.91 Å². The molecule has 0 heterocycles. The maximum Gasteiger partial charge on any atom is 0.312 e. The largest absolute Gasteiger partial charge is 0.477 e. The zero-order chi connectivity index (χ0) is 17.7. The summed E-state index contributed by atoms with van der Waals surface area (Å²) in [6.45, 7) is 0.0327. The predicted octanol–water partition coefficient (Wildman–Crippen LogP) is 3.94. The number of nitrogens with zero attached hydrogens (tertiary/aromatic N) is 2. The fourth-order valence-electron chi connectivity index (χ4n) is 2.00. The molecule has 2 rings (SSSR count). The van der Waals surface area contributed by atoms with E-state index >= 15 is 0 Å². The van der Waals surface area contributed by atoms with Gasteiger partial charge in [-0.05, 0) is 29.8 Å². The molecule has 0 N–H and O–H groups in total. The first-order chi connectivity index (χ1) is 11.4. The molecule has 0 saturated heterocycles. The third-order valence-corrected chi connectivity index (χ3v) is 3.67. The normalized spacial score (nSPS) is 10.3. The van der Waals surface area contributed by atoms with Gasteiger partial charge >= 0.3 is 5.69 Å². The summed E-state index contributed by atoms with van der Waals surface area (Å²) in [5.41, 5.74) is 0.587. The monoisotopic (exact) mass is 368 g/mol. The minimum absolute atomic E-state index is 0.00564. The molecule has 0 spiro atoms. The van der Waals surface area contributed by atoms with Crippen molar-refractivity contribution in [1.82, 2.24) is 4.90 Å². The number of rotatable bonds is 6. The van der Waals surface area contributed by atoms with E-state index in [0.29, 0.717) is 11.6 Å². The molecule has 0 fully saturated rings. The molecule has 126 valence electrons. The van der Waals surface area contributed by atoms with Gasteiger partial charge in [-0.1, -0.05) is 35.3 Å². The van der Waals surface area contributed by atoms with Crippen LogP contribution in [-0.4, -0.2) is 29.4 Å². The number of nitro groups is 1. The Morgan fingerprint density at radius 1 is 1.21 bits per heavy atom. The number of halogens is 2. The first-order valence-corrected chi connectivity index (χ1v) is 7.67. The van der Waals surface area contributed by atoms with Crippen LogP contribution in [0.5, 0.6) is 5.75 Å². The van der Waals surface area contributed by atoms with Crippen molar-refractivity contribution in [3.8, 4) is 5.75 Å². The van der Waals surface area contributed by atoms with Crippen molar-refractivity contribution < 1.29 is 14.5 Å². The maximum absolute atomic E-state index is 12.1. The Hall–Kier alpha value is -2.31. The van der Waals surface area contributed by atoms with Gasteiger partial charge < -0.3 is 9.64 Å². The average Bonchev–Trinajstić information content (AvgIpc) is 2.53. The lowest BCUT2D eigenvalue weighted by molar-refractivity contribution is -0.385. The summed E-state index contributed by atoms with van der Waals surface area (Å²) in [4.78, 5) is 24.0. The molecule has 8 heteroatoms. The minimum Gasteiger partial charge on any atom is -0.477 e. The summed E-state index contributed by atoms with van der Waals surface area (Å²) in [7, 11) is 1.61. The Morgan fingerprint density at radius 3 is 2.58 bits per heavy atom. The van der Waals surface area contributed by atoms with Crippen LogP contribution in [0.4, 0.5) is 5.69 Å². The number of ether oxygens (including phenoxy) is 1. The van der Waals surface area contributed by atoms with Crippen LogP contribution in [0, 0.1) is 10.1 Å². The third kappa shape index (κ3) is 4.84. The molecule has 24 heavy (non-hydrogen) atoms. The van der Waals surface area contributed by atoms with Gasteiger partial charge in [0.2, 0.25) is 0 Å². The summed E-state index contributed by atoms with van der Waals surface area (Å²) >= 11 is 11.6. The molecule has 0 aromatic heterocycles. The number of benzene rings is 2. The topological polar surface area (TPSA) is 72.7 Å². The van der Waals surface area contributed by atoms with Crippen LogP contribution < -0.4 is 4.74 Å². The third-order valence-electron chi connectivity index (χ3n) is 3.20. The molecular weight excluding hydrogens is 355 g/mol. The smallest absolute Gasteiger partial charge is 0.312 e. The van der Waals surface area contributed by atoms with E-state index in [4.69, 9.17) is 27.9 Å². The minimum atomic E-state index is -0.610. The van der Waals surface area contributed by atoms with Crippen molar-refractivity contribution in [3.05, 3.63) is 68.2 Å². The van der Waals surface area contributed by atoms with E-state index in [2.05, 4.69) is 0 Å². The van der Waals surface area contributed by atoms with Crippen molar-refractivity contribution in [1.29, 1.82) is 0 Å². The summed E-state index contributed by atoms with van der Waals surface area (Å²) < 4.78 is 5.28. The number of nitro benzene ring substituents is 1. The van der Waals surface area contributed by atoms with Crippen molar-refractivity contribution in [2.75, 3.05) is 13.7 Å². The molecule has 0 unspecified atom stereocenters. The Morgan fingerprint density at radius 2 is 1.92 bits per heavy atom. The van der Waals surface area contributed by atoms with Gasteiger partial charge in [-0.3, -0.25) is 14.9 Å². The SMILES string of the molecule is CN(Cc1cccc(Cl)c1)C(=O)COc1ccc(Cl)cc1[N+](=O)[O-]. The molecule has 6 nitrogen and oxygen atoms in total. The second kappa shape index (κ2) is 7.99. The van der Waals surface area contributed by atoms with Gasteiger partial charge in [-0.25, -0.2) is 0 Å². The van der Waals surface area contributed by atoms with E-state index in [9.17, 15) is 14.9 Å². The Balaban J connectivity index is 1.99. The van der Waals surface area contributed by atoms with Gasteiger partial charge in [0.05, 0.1) is 4.92 Å². The Kier molecular flexibility index (Phi) is 6.00. The Labute approximate surface area is 148 Å². The molecule has 2 aromatic rings. The summed E-state index contributed by atoms with van der Waals surface area (Å²) in [6.07, 6.45) is 0. The molecule has 0 radical (unpaired) electrons. The standard InChI is InChI=1S/C16H14Cl2N2O4/c1-19(9-11-3-2-4-12(17)7-11)16(21)10-24-15-6-5-13(18)8-14(15)20(22)23/h2-8H,9-10H2,1H3. The average molecular weight is 369 g/mol. The molecular formula is C16H14Cl2N2O4. The van der Waals surface area contributed by atoms with Crippen LogP contribution in [0.15, 0.2) is 42.5 Å². The van der Waals surface area contributed by atoms with E-state index in [1.807, 2.05) is 6.07 Å². The molecule has 0 atom stereocenters. The van der Waals surface area contributed by atoms with E-state index in [1.54, 1.807) is 25.2 Å². The van der Waals surface area contributed by atoms with Crippen molar-refractivity contribution in [2.24, 2.45) is 0 Å². The fourth-order valence-corrected chi connectivity index (χ4v) is 2.38. The summed E-state index contributed by atoms with van der Waals surface area (Å²) in [5.74, 6) is -0.326. The van der Waals surface area contributed by atoms with Crippen LogP contribution >= 0.6 is 23.2 Å². The fraction of sp³-hybridized carbons (Fsp3) is 0.188. The van der Waals surface area contributed by atoms with E-state index < -0.39 is 4.92 Å². The number of carbonyl (C=O) groups is 1. The van der Waals surface area contributed by atoms with E-state index in [-0.39, 0.29) is 29.0 Å². The van der Waals surface area contributed by atoms with Crippen LogP contribution in [0.2, 0.25) is 10.0 Å². The maximum atomic E-state index is 12.1. The lowest BCUT2D eigenvalue weighted by atomic mass is 10.2. The first kappa shape index (κ1) is 18.0. The zero-order valence-corrected chi connectivity index (χ0v) is 14.3. The zero-order valence-electron chi connectivity index (χ0n) is 12.7. The molecule has 0 aliphatic carbocycles. The van der Waals surface area contributed by atoms with Crippen LogP contribution in [0.3, 0.4) is 0 Å². The quantitative estimate of drug-likeness (QED) is 0.571. The lowest BCUT2D eigenvalue weighted by Gasteiger charge is -2.17. The summed E-state index contributed by atoms with van der Waals surface area (Å²) in [6, 6.07) is 11.2. The highest BCUT2D eigenvalue weighted by molar-refractivity contribution is 6.31. The van der Waals surface area contributed by atoms with Crippen LogP contribution in [0.25, 0.3) is 0 Å². The predicted molar refractivity (Wildman–Crippen MR) is 91.5 cm³/mol. The van der Waals surface area contributed by atoms with Crippen LogP contribution in [0.1, 0.15) is 5.56 Å². The molecule has 0 saturated carbocycles. The number of hydrogen-bond donors (Lipinski definition) is 0. The van der Waals surface area contributed by atoms with Crippen molar-refractivity contribution in [3.63, 3.8) is 0 Å². The van der Waals surface area contributed by atoms with Crippen molar-refractivity contribution >= 4 is 34.8 Å². The van der Waals surface area contributed by atoms with Crippen LogP contribution in [-0.2, 0) is 11.3 Å². The van der Waals surface area contributed by atoms with Gasteiger partial charge in [-0.2, -0.15) is 0 Å². The van der Waals surface area contributed by atoms with Gasteiger partial charge in [-0.15, -0.1) is 0 Å². The molecule has 0 aliphatic heterocycles. The highest BCUT2D eigenvalue weighted by Gasteiger charge is 2.18. The highest BCUT2D eigenvalue weighted by Crippen LogP contribution is 2.29. The van der Waals surface area contributed by atoms with E-state index in [0.717, 1.165) is 5.56 Å². The van der Waals surface area contributed by atoms with E-state index in [1.165, 1.54) is 23.1 Å². The lowest BCUT2D eigenvalue weighted by Crippen LogP contribution is -2.31. The van der Waals surface area contributed by atoms with Crippen molar-refractivity contribution in [2.45, 2.75) is 6.54 Å². The highest BCUT2D eigenvalue weighted by atomic mass is 35.5. The van der Waals surface area contributed by atoms with Gasteiger partial charge in [0, 0.05) is 29.7 Å². The number of amides is 1. The van der Waals surface area contributed by atoms with Gasteiger partial charge in [0.1, 0.15) is 0 Å². The molecule has 0 bridgehead atoms. The molecule has 0 aliphatic rings. The Bertz CT molecular complexity index is 767. The molecule has 1 amide bonds. The number of hydrogen-bond acceptors (Lipinski definition) is 4.